The van der Waals surface area contributed by atoms with Crippen LogP contribution in [-0.2, 0) is 20.1 Å². The number of thioether (sulfide) groups is 1. The van der Waals surface area contributed by atoms with E-state index in [-0.39, 0.29) is 23.3 Å². The molecule has 39 heavy (non-hydrogen) atoms. The van der Waals surface area contributed by atoms with Crippen molar-refractivity contribution in [3.05, 3.63) is 87.5 Å². The molecule has 0 spiro atoms. The number of carbonyl (C=O) groups excluding carboxylic acids is 3. The molecule has 1 saturated carbocycles. The fourth-order valence-electron chi connectivity index (χ4n) is 6.04. The number of carbonyl (C=O) groups is 3. The number of phenols is 1. The van der Waals surface area contributed by atoms with E-state index in [2.05, 4.69) is 0 Å². The molecule has 0 unspecified atom stereocenters. The van der Waals surface area contributed by atoms with Crippen LogP contribution in [0.15, 0.2) is 70.8 Å². The molecule has 2 aromatic carbocycles. The fourth-order valence-corrected chi connectivity index (χ4v) is 6.98. The molecule has 1 fully saturated rings. The zero-order chi connectivity index (χ0) is 28.2. The second-order valence-corrected chi connectivity index (χ2v) is 11.0. The molecule has 0 aromatic heterocycles. The van der Waals surface area contributed by atoms with Crippen molar-refractivity contribution in [2.24, 2.45) is 17.6 Å². The molecule has 10 heteroatoms. The topological polar surface area (TPSA) is 161 Å². The smallest absolute Gasteiger partial charge is 0.255 e. The summed E-state index contributed by atoms with van der Waals surface area (Å²) in [5.74, 6) is -6.32. The lowest BCUT2D eigenvalue weighted by Gasteiger charge is -2.50. The zero-order valence-electron chi connectivity index (χ0n) is 21.3. The van der Waals surface area contributed by atoms with Crippen molar-refractivity contribution in [1.82, 2.24) is 4.90 Å². The number of likely N-dealkylation sites (N-methyl/N-ethyl adjacent to an activating group) is 1. The number of allylic oxidation sites excluding steroid dienone is 1. The Balaban J connectivity index is 1.70. The summed E-state index contributed by atoms with van der Waals surface area (Å²) in [6.45, 7) is 0. The van der Waals surface area contributed by atoms with E-state index in [0.717, 1.165) is 5.56 Å². The van der Waals surface area contributed by atoms with Gasteiger partial charge in [0, 0.05) is 23.2 Å². The highest BCUT2D eigenvalue weighted by molar-refractivity contribution is 8.01. The van der Waals surface area contributed by atoms with Gasteiger partial charge in [-0.2, -0.15) is 0 Å². The van der Waals surface area contributed by atoms with Gasteiger partial charge in [-0.25, -0.2) is 0 Å². The molecule has 2 aromatic rings. The van der Waals surface area contributed by atoms with Crippen molar-refractivity contribution in [1.29, 1.82) is 0 Å². The van der Waals surface area contributed by atoms with Crippen LogP contribution in [0, 0.1) is 11.8 Å². The molecule has 4 atom stereocenters. The van der Waals surface area contributed by atoms with Crippen molar-refractivity contribution in [2.45, 2.75) is 23.8 Å². The molecule has 0 bridgehead atoms. The number of hydrogen-bond donors (Lipinski definition) is 5. The van der Waals surface area contributed by atoms with Gasteiger partial charge >= 0.3 is 0 Å². The molecule has 0 aliphatic heterocycles. The van der Waals surface area contributed by atoms with E-state index in [9.17, 15) is 34.8 Å². The average molecular weight is 549 g/mol. The van der Waals surface area contributed by atoms with Gasteiger partial charge in [0.25, 0.3) is 5.91 Å². The first-order valence-electron chi connectivity index (χ1n) is 12.3. The summed E-state index contributed by atoms with van der Waals surface area (Å²) in [5, 5.41) is 46.6. The van der Waals surface area contributed by atoms with Gasteiger partial charge in [-0.1, -0.05) is 42.5 Å². The number of aromatic hydroxyl groups is 1. The Kier molecular flexibility index (Phi) is 6.66. The predicted molar refractivity (Wildman–Crippen MR) is 146 cm³/mol. The third-order valence-corrected chi connectivity index (χ3v) is 8.71. The number of amides is 1. The van der Waals surface area contributed by atoms with E-state index in [4.69, 9.17) is 5.73 Å². The SMILES string of the molecule is CN(C)[C@@H]1C(=O)C(C(N)=O)=C(O)[C@@]2(O)C(=O)C3=C(O)c4c(O)cccc4/C(=C\SCc4ccccc4)[C@H]3C[C@@H]12. The maximum Gasteiger partial charge on any atom is 0.255 e. The maximum atomic E-state index is 14.1. The van der Waals surface area contributed by atoms with Crippen molar-refractivity contribution in [3.63, 3.8) is 0 Å². The number of aliphatic hydroxyl groups is 3. The molecule has 1 amide bonds. The second-order valence-electron chi connectivity index (χ2n) is 10.2. The van der Waals surface area contributed by atoms with Gasteiger partial charge in [0.05, 0.1) is 11.6 Å². The molecule has 0 heterocycles. The van der Waals surface area contributed by atoms with Crippen LogP contribution >= 0.6 is 11.8 Å². The standard InChI is InChI=1S/C29H28N2O7S/c1-31(2)23-18-11-16-17(13-39-12-14-7-4-3-5-8-14)15-9-6-10-19(32)20(15)24(33)21(16)26(35)29(18,38)27(36)22(25(23)34)28(30)37/h3-10,13,16,18,23,32-33,36,38H,11-12H2,1-2H3,(H2,30,37)/b17-13+/t16-,18+,23+,29+/m1/s1. The van der Waals surface area contributed by atoms with E-state index in [1.807, 2.05) is 35.7 Å². The minimum atomic E-state index is -2.68. The van der Waals surface area contributed by atoms with Gasteiger partial charge in [0.1, 0.15) is 22.8 Å². The Morgan fingerprint density at radius 1 is 1.10 bits per heavy atom. The van der Waals surface area contributed by atoms with Crippen molar-refractivity contribution >= 4 is 40.6 Å². The van der Waals surface area contributed by atoms with Gasteiger partial charge in [0.2, 0.25) is 5.78 Å². The first-order valence-corrected chi connectivity index (χ1v) is 13.4. The Morgan fingerprint density at radius 3 is 2.44 bits per heavy atom. The Morgan fingerprint density at radius 2 is 1.79 bits per heavy atom. The summed E-state index contributed by atoms with van der Waals surface area (Å²) in [6.07, 6.45) is -0.0147. The first kappa shape index (κ1) is 26.7. The number of Topliss-reactive ketones (excluding diaryl/α,β-unsaturated/α-hetero) is 2. The van der Waals surface area contributed by atoms with Crippen LogP contribution in [-0.4, -0.2) is 68.5 Å². The highest BCUT2D eigenvalue weighted by Gasteiger charge is 2.64. The van der Waals surface area contributed by atoms with E-state index >= 15 is 0 Å². The molecule has 9 nitrogen and oxygen atoms in total. The number of ketones is 2. The largest absolute Gasteiger partial charge is 0.508 e. The van der Waals surface area contributed by atoms with Gasteiger partial charge in [-0.15, -0.1) is 11.8 Å². The van der Waals surface area contributed by atoms with Gasteiger partial charge in [-0.05, 0) is 48.7 Å². The molecule has 0 saturated heterocycles. The maximum absolute atomic E-state index is 14.1. The lowest BCUT2D eigenvalue weighted by atomic mass is 9.56. The van der Waals surface area contributed by atoms with Crippen LogP contribution < -0.4 is 5.73 Å². The number of fused-ring (bicyclic) bond motifs is 3. The van der Waals surface area contributed by atoms with E-state index < -0.39 is 58.0 Å². The van der Waals surface area contributed by atoms with Crippen LogP contribution in [0.4, 0.5) is 0 Å². The lowest BCUT2D eigenvalue weighted by Crippen LogP contribution is -2.65. The van der Waals surface area contributed by atoms with Crippen LogP contribution in [0.1, 0.15) is 23.1 Å². The minimum absolute atomic E-state index is 0.0147. The van der Waals surface area contributed by atoms with Gasteiger partial charge in [-0.3, -0.25) is 19.3 Å². The Labute approximate surface area is 228 Å². The molecule has 0 radical (unpaired) electrons. The summed E-state index contributed by atoms with van der Waals surface area (Å²) < 4.78 is 0. The van der Waals surface area contributed by atoms with E-state index in [1.54, 1.807) is 26.2 Å². The second kappa shape index (κ2) is 9.71. The number of rotatable bonds is 5. The number of aliphatic hydroxyl groups excluding tert-OH is 2. The Hall–Kier alpha value is -3.86. The minimum Gasteiger partial charge on any atom is -0.508 e. The number of primary amides is 1. The van der Waals surface area contributed by atoms with Crippen molar-refractivity contribution < 1.29 is 34.8 Å². The number of benzene rings is 2. The van der Waals surface area contributed by atoms with E-state index in [0.29, 0.717) is 16.9 Å². The third-order valence-electron chi connectivity index (χ3n) is 7.79. The quantitative estimate of drug-likeness (QED) is 0.354. The molecular formula is C29H28N2O7S. The number of nitrogens with zero attached hydrogens (tertiary/aromatic N) is 1. The molecular weight excluding hydrogens is 520 g/mol. The van der Waals surface area contributed by atoms with Crippen LogP contribution in [0.25, 0.3) is 11.3 Å². The van der Waals surface area contributed by atoms with E-state index in [1.165, 1.54) is 22.7 Å². The summed E-state index contributed by atoms with van der Waals surface area (Å²) in [4.78, 5) is 41.0. The highest BCUT2D eigenvalue weighted by Crippen LogP contribution is 2.56. The first-order chi connectivity index (χ1) is 18.5. The van der Waals surface area contributed by atoms with Crippen LogP contribution in [0.3, 0.4) is 0 Å². The summed E-state index contributed by atoms with van der Waals surface area (Å²) in [7, 11) is 3.13. The fraction of sp³-hybridized carbons (Fsp3) is 0.276. The Bertz CT molecular complexity index is 1490. The zero-order valence-corrected chi connectivity index (χ0v) is 22.1. The summed E-state index contributed by atoms with van der Waals surface area (Å²) in [6, 6.07) is 13.3. The number of phenolic OH excluding ortho intramolecular Hbond substituents is 1. The lowest BCUT2D eigenvalue weighted by molar-refractivity contribution is -0.152. The predicted octanol–water partition coefficient (Wildman–Crippen LogP) is 2.70. The average Bonchev–Trinajstić information content (AvgIpc) is 2.88. The van der Waals surface area contributed by atoms with Crippen molar-refractivity contribution in [2.75, 3.05) is 14.1 Å². The third kappa shape index (κ3) is 3.98. The normalized spacial score (nSPS) is 27.5. The number of hydrogen-bond acceptors (Lipinski definition) is 9. The van der Waals surface area contributed by atoms with Crippen LogP contribution in [0.2, 0.25) is 0 Å². The van der Waals surface area contributed by atoms with Crippen LogP contribution in [0.5, 0.6) is 5.75 Å². The molecule has 3 aliphatic carbocycles. The monoisotopic (exact) mass is 548 g/mol. The molecule has 3 aliphatic rings. The number of nitrogens with two attached hydrogens (primary N) is 1. The van der Waals surface area contributed by atoms with Gasteiger partial charge in [0.15, 0.2) is 11.4 Å². The highest BCUT2D eigenvalue weighted by atomic mass is 32.2. The summed E-state index contributed by atoms with van der Waals surface area (Å²) in [5.41, 5.74) is 3.88. The molecule has 202 valence electrons. The van der Waals surface area contributed by atoms with Crippen molar-refractivity contribution in [3.8, 4) is 5.75 Å². The molecule has 6 N–H and O–H groups in total. The van der Waals surface area contributed by atoms with Gasteiger partial charge < -0.3 is 26.2 Å². The summed E-state index contributed by atoms with van der Waals surface area (Å²) >= 11 is 1.46. The molecule has 5 rings (SSSR count).